The van der Waals surface area contributed by atoms with Gasteiger partial charge in [0.05, 0.1) is 17.8 Å². The molecule has 0 aliphatic carbocycles. The van der Waals surface area contributed by atoms with Crippen LogP contribution in [0.4, 0.5) is 14.5 Å². The number of hydrogen-bond acceptors (Lipinski definition) is 3. The molecular weight excluding hydrogens is 274 g/mol. The summed E-state index contributed by atoms with van der Waals surface area (Å²) < 4.78 is 31.3. The molecule has 1 N–H and O–H groups in total. The topological polar surface area (TPSA) is 34.1 Å². The molecule has 0 unspecified atom stereocenters. The lowest BCUT2D eigenvalue weighted by Crippen LogP contribution is -2.03. The molecule has 0 aliphatic heterocycles. The molecule has 0 fully saturated rings. The van der Waals surface area contributed by atoms with Gasteiger partial charge < -0.3 is 10.1 Å². The number of ether oxygens (including phenoxy) is 1. The Morgan fingerprint density at radius 3 is 2.68 bits per heavy atom. The van der Waals surface area contributed by atoms with E-state index in [4.69, 9.17) is 16.3 Å². The lowest BCUT2D eigenvalue weighted by molar-refractivity contribution is 0.397. The molecule has 2 aromatic rings. The second-order valence-corrected chi connectivity index (χ2v) is 4.21. The van der Waals surface area contributed by atoms with E-state index in [1.807, 2.05) is 0 Å². The monoisotopic (exact) mass is 284 g/mol. The Labute approximate surface area is 114 Å². The highest BCUT2D eigenvalue weighted by molar-refractivity contribution is 6.33. The summed E-state index contributed by atoms with van der Waals surface area (Å²) in [6.45, 7) is 0.319. The second kappa shape index (κ2) is 5.84. The molecule has 6 heteroatoms. The first kappa shape index (κ1) is 13.5. The summed E-state index contributed by atoms with van der Waals surface area (Å²) in [4.78, 5) is 4.02. The number of methoxy groups -OCH3 is 1. The minimum Gasteiger partial charge on any atom is -0.481 e. The molecule has 0 bridgehead atoms. The van der Waals surface area contributed by atoms with Crippen molar-refractivity contribution in [1.29, 1.82) is 0 Å². The minimum absolute atomic E-state index is 0.000953. The first-order chi connectivity index (χ1) is 9.10. The van der Waals surface area contributed by atoms with Gasteiger partial charge in [0.15, 0.2) is 5.82 Å². The zero-order valence-electron chi connectivity index (χ0n) is 10.1. The fraction of sp³-hybridized carbons (Fsp3) is 0.154. The predicted octanol–water partition coefficient (Wildman–Crippen LogP) is 3.63. The van der Waals surface area contributed by atoms with Gasteiger partial charge in [-0.25, -0.2) is 13.8 Å². The second-order valence-electron chi connectivity index (χ2n) is 3.81. The molecule has 1 aromatic heterocycles. The van der Waals surface area contributed by atoms with Crippen LogP contribution in [0.5, 0.6) is 5.88 Å². The Morgan fingerprint density at radius 2 is 2.11 bits per heavy atom. The molecule has 1 aromatic carbocycles. The average molecular weight is 285 g/mol. The maximum Gasteiger partial charge on any atom is 0.212 e. The molecular formula is C13H11ClF2N2O. The van der Waals surface area contributed by atoms with E-state index in [-0.39, 0.29) is 10.7 Å². The van der Waals surface area contributed by atoms with Crippen LogP contribution in [-0.2, 0) is 6.54 Å². The summed E-state index contributed by atoms with van der Waals surface area (Å²) in [5.41, 5.74) is 0.888. The number of hydrogen-bond donors (Lipinski definition) is 1. The third-order valence-corrected chi connectivity index (χ3v) is 2.78. The van der Waals surface area contributed by atoms with Crippen LogP contribution in [-0.4, -0.2) is 12.1 Å². The van der Waals surface area contributed by atoms with Crippen LogP contribution in [0.1, 0.15) is 5.56 Å². The summed E-state index contributed by atoms with van der Waals surface area (Å²) in [6, 6.07) is 5.31. The number of pyridine rings is 1. The van der Waals surface area contributed by atoms with Crippen molar-refractivity contribution in [2.45, 2.75) is 6.54 Å². The van der Waals surface area contributed by atoms with Crippen molar-refractivity contribution in [3.05, 3.63) is 52.7 Å². The molecule has 0 spiro atoms. The summed E-state index contributed by atoms with van der Waals surface area (Å²) in [7, 11) is 1.52. The summed E-state index contributed by atoms with van der Waals surface area (Å²) in [5.74, 6) is -0.944. The number of benzene rings is 1. The van der Waals surface area contributed by atoms with Crippen molar-refractivity contribution in [1.82, 2.24) is 4.98 Å². The zero-order chi connectivity index (χ0) is 13.8. The van der Waals surface area contributed by atoms with Crippen LogP contribution in [0, 0.1) is 11.6 Å². The first-order valence-electron chi connectivity index (χ1n) is 5.47. The van der Waals surface area contributed by atoms with Gasteiger partial charge in [0.1, 0.15) is 5.82 Å². The Balaban J connectivity index is 2.10. The first-order valence-corrected chi connectivity index (χ1v) is 5.85. The predicted molar refractivity (Wildman–Crippen MR) is 69.5 cm³/mol. The summed E-state index contributed by atoms with van der Waals surface area (Å²) >= 11 is 5.77. The average Bonchev–Trinajstić information content (AvgIpc) is 2.38. The van der Waals surface area contributed by atoms with Gasteiger partial charge in [0.25, 0.3) is 0 Å². The summed E-state index contributed by atoms with van der Waals surface area (Å²) in [6.07, 6.45) is 1.60. The van der Waals surface area contributed by atoms with Gasteiger partial charge in [-0.1, -0.05) is 17.7 Å². The van der Waals surface area contributed by atoms with E-state index < -0.39 is 11.6 Å². The van der Waals surface area contributed by atoms with E-state index in [2.05, 4.69) is 10.3 Å². The van der Waals surface area contributed by atoms with Gasteiger partial charge in [-0.3, -0.25) is 0 Å². The van der Waals surface area contributed by atoms with Gasteiger partial charge in [-0.2, -0.15) is 0 Å². The van der Waals surface area contributed by atoms with E-state index in [1.54, 1.807) is 18.3 Å². The molecule has 0 atom stereocenters. The van der Waals surface area contributed by atoms with Crippen molar-refractivity contribution in [2.75, 3.05) is 12.4 Å². The fourth-order valence-electron chi connectivity index (χ4n) is 1.54. The number of nitrogens with zero attached hydrogens (tertiary/aromatic N) is 1. The molecule has 19 heavy (non-hydrogen) atoms. The standard InChI is InChI=1S/C13H11ClF2N2O/c1-19-12-3-2-8(6-17-12)7-18-13-10(14)4-9(15)5-11(13)16/h2-6,18H,7H2,1H3. The number of nitrogens with one attached hydrogen (secondary N) is 1. The summed E-state index contributed by atoms with van der Waals surface area (Å²) in [5, 5.41) is 2.81. The molecule has 0 aliphatic rings. The molecule has 2 rings (SSSR count). The third-order valence-electron chi connectivity index (χ3n) is 2.48. The molecule has 0 saturated heterocycles. The Hall–Kier alpha value is -1.88. The van der Waals surface area contributed by atoms with Crippen LogP contribution in [0.3, 0.4) is 0 Å². The highest BCUT2D eigenvalue weighted by Crippen LogP contribution is 2.26. The highest BCUT2D eigenvalue weighted by Gasteiger charge is 2.09. The number of halogens is 3. The Bertz CT molecular complexity index is 552. The van der Waals surface area contributed by atoms with Gasteiger partial charge in [-0.15, -0.1) is 0 Å². The van der Waals surface area contributed by atoms with E-state index in [0.29, 0.717) is 12.4 Å². The largest absolute Gasteiger partial charge is 0.481 e. The van der Waals surface area contributed by atoms with Crippen LogP contribution in [0.2, 0.25) is 5.02 Å². The lowest BCUT2D eigenvalue weighted by Gasteiger charge is -2.10. The highest BCUT2D eigenvalue weighted by atomic mass is 35.5. The van der Waals surface area contributed by atoms with E-state index >= 15 is 0 Å². The third kappa shape index (κ3) is 3.32. The number of anilines is 1. The van der Waals surface area contributed by atoms with E-state index in [1.165, 1.54) is 7.11 Å². The molecule has 100 valence electrons. The molecule has 0 radical (unpaired) electrons. The molecule has 0 saturated carbocycles. The molecule has 0 amide bonds. The maximum atomic E-state index is 13.5. The number of aromatic nitrogens is 1. The van der Waals surface area contributed by atoms with Gasteiger partial charge in [-0.05, 0) is 11.6 Å². The van der Waals surface area contributed by atoms with Crippen molar-refractivity contribution in [3.63, 3.8) is 0 Å². The molecule has 3 nitrogen and oxygen atoms in total. The van der Waals surface area contributed by atoms with Crippen molar-refractivity contribution >= 4 is 17.3 Å². The van der Waals surface area contributed by atoms with Crippen molar-refractivity contribution in [3.8, 4) is 5.88 Å². The lowest BCUT2D eigenvalue weighted by atomic mass is 10.2. The number of rotatable bonds is 4. The van der Waals surface area contributed by atoms with Gasteiger partial charge >= 0.3 is 0 Å². The minimum atomic E-state index is -0.730. The Kier molecular flexibility index (Phi) is 4.16. The normalized spacial score (nSPS) is 10.3. The maximum absolute atomic E-state index is 13.5. The van der Waals surface area contributed by atoms with Crippen LogP contribution in [0.15, 0.2) is 30.5 Å². The quantitative estimate of drug-likeness (QED) is 0.931. The van der Waals surface area contributed by atoms with Gasteiger partial charge in [0.2, 0.25) is 5.88 Å². The zero-order valence-corrected chi connectivity index (χ0v) is 10.8. The SMILES string of the molecule is COc1ccc(CNc2c(F)cc(F)cc2Cl)cn1. The van der Waals surface area contributed by atoms with Crippen molar-refractivity contribution in [2.24, 2.45) is 0 Å². The fourth-order valence-corrected chi connectivity index (χ4v) is 1.80. The van der Waals surface area contributed by atoms with Gasteiger partial charge in [0, 0.05) is 24.9 Å². The smallest absolute Gasteiger partial charge is 0.212 e. The van der Waals surface area contributed by atoms with Crippen LogP contribution < -0.4 is 10.1 Å². The Morgan fingerprint density at radius 1 is 1.32 bits per heavy atom. The molecule has 1 heterocycles. The van der Waals surface area contributed by atoms with Crippen molar-refractivity contribution < 1.29 is 13.5 Å². The van der Waals surface area contributed by atoms with Crippen LogP contribution >= 0.6 is 11.6 Å². The van der Waals surface area contributed by atoms with E-state index in [9.17, 15) is 8.78 Å². The van der Waals surface area contributed by atoms with E-state index in [0.717, 1.165) is 17.7 Å². The van der Waals surface area contributed by atoms with Crippen LogP contribution in [0.25, 0.3) is 0 Å².